The Bertz CT molecular complexity index is 1610. The Morgan fingerprint density at radius 1 is 0.778 bits per heavy atom. The average Bonchev–Trinajstić information content (AvgIpc) is 3.05. The number of hydrogen-bond acceptors (Lipinski definition) is 5. The molecule has 0 fully saturated rings. The third-order valence-corrected chi connectivity index (χ3v) is 8.00. The van der Waals surface area contributed by atoms with Gasteiger partial charge in [0.05, 0.1) is 6.04 Å². The zero-order chi connectivity index (χ0) is 31.6. The Morgan fingerprint density at radius 3 is 2.11 bits per heavy atom. The Labute approximate surface area is 264 Å². The number of benzene rings is 4. The standard InChI is InChI=1S/C37H40N4O4/c1-25-14-16-27(17-15-25)24-39-35(42)34-23-29-11-7-13-31(21-29)45-30-12-6-10-28(20-30)22-33(38-2)37(44)40-32(36(43)41-34)19-18-26-8-4-3-5-9-26/h3-17,20-21,32-34,38H,18-19,22-24H2,1-2H3,(H,39,42)(H,40,44)(H,41,43)/t32-,33-,34-/m0/s1. The largest absolute Gasteiger partial charge is 0.457 e. The second kappa shape index (κ2) is 15.2. The molecule has 4 aromatic rings. The van der Waals surface area contributed by atoms with E-state index < -0.39 is 24.0 Å². The number of rotatable bonds is 7. The fraction of sp³-hybridized carbons (Fsp3) is 0.270. The Hall–Kier alpha value is -4.95. The first-order valence-electron chi connectivity index (χ1n) is 15.4. The maximum Gasteiger partial charge on any atom is 0.243 e. The number of aryl methyl sites for hydroxylation is 2. The molecule has 0 aliphatic carbocycles. The van der Waals surface area contributed by atoms with Crippen molar-refractivity contribution >= 4 is 17.7 Å². The minimum Gasteiger partial charge on any atom is -0.457 e. The van der Waals surface area contributed by atoms with Gasteiger partial charge >= 0.3 is 0 Å². The van der Waals surface area contributed by atoms with E-state index in [0.717, 1.165) is 27.8 Å². The van der Waals surface area contributed by atoms with E-state index in [1.807, 2.05) is 110 Å². The van der Waals surface area contributed by atoms with E-state index in [0.29, 0.717) is 37.3 Å². The molecule has 0 spiro atoms. The van der Waals surface area contributed by atoms with Gasteiger partial charge in [-0.05, 0) is 79.8 Å². The van der Waals surface area contributed by atoms with E-state index in [1.165, 1.54) is 0 Å². The molecule has 4 N–H and O–H groups in total. The molecule has 3 atom stereocenters. The van der Waals surface area contributed by atoms with Gasteiger partial charge in [0.25, 0.3) is 0 Å². The SMILES string of the molecule is CN[C@H]1Cc2cccc(c2)Oc2cccc(c2)C[C@@H](C(=O)NCc2ccc(C)cc2)NC(=O)[C@H](CCc2ccccc2)NC1=O. The molecule has 4 bridgehead atoms. The first kappa shape index (κ1) is 31.5. The zero-order valence-corrected chi connectivity index (χ0v) is 25.7. The van der Waals surface area contributed by atoms with Crippen LogP contribution in [0, 0.1) is 6.92 Å². The third kappa shape index (κ3) is 9.03. The minimum absolute atomic E-state index is 0.237. The highest BCUT2D eigenvalue weighted by Crippen LogP contribution is 2.24. The molecular weight excluding hydrogens is 564 g/mol. The normalized spacial score (nSPS) is 18.7. The van der Waals surface area contributed by atoms with Crippen molar-refractivity contribution in [3.63, 3.8) is 0 Å². The summed E-state index contributed by atoms with van der Waals surface area (Å²) in [5, 5.41) is 12.0. The van der Waals surface area contributed by atoms with Crippen LogP contribution in [0.15, 0.2) is 103 Å². The maximum atomic E-state index is 13.9. The lowest BCUT2D eigenvalue weighted by molar-refractivity contribution is -0.132. The van der Waals surface area contributed by atoms with Crippen molar-refractivity contribution in [2.45, 2.75) is 57.3 Å². The fourth-order valence-corrected chi connectivity index (χ4v) is 5.40. The van der Waals surface area contributed by atoms with E-state index in [9.17, 15) is 14.4 Å². The number of ether oxygens (including phenoxy) is 1. The van der Waals surface area contributed by atoms with E-state index in [4.69, 9.17) is 4.74 Å². The summed E-state index contributed by atoms with van der Waals surface area (Å²) >= 11 is 0. The van der Waals surface area contributed by atoms with Crippen LogP contribution in [0.25, 0.3) is 0 Å². The van der Waals surface area contributed by atoms with Crippen LogP contribution in [0.1, 0.15) is 34.2 Å². The predicted octanol–water partition coefficient (Wildman–Crippen LogP) is 4.39. The van der Waals surface area contributed by atoms with Crippen LogP contribution in [-0.4, -0.2) is 42.9 Å². The van der Waals surface area contributed by atoms with E-state index in [1.54, 1.807) is 7.05 Å². The summed E-state index contributed by atoms with van der Waals surface area (Å²) in [7, 11) is 1.72. The van der Waals surface area contributed by atoms with Crippen molar-refractivity contribution in [3.8, 4) is 11.5 Å². The number of nitrogens with one attached hydrogen (secondary N) is 4. The summed E-state index contributed by atoms with van der Waals surface area (Å²) in [5.74, 6) is 0.241. The molecule has 232 valence electrons. The van der Waals surface area contributed by atoms with Gasteiger partial charge in [0.15, 0.2) is 0 Å². The van der Waals surface area contributed by atoms with Gasteiger partial charge in [-0.2, -0.15) is 0 Å². The second-order valence-corrected chi connectivity index (χ2v) is 11.5. The van der Waals surface area contributed by atoms with Gasteiger partial charge in [0, 0.05) is 13.0 Å². The molecule has 0 saturated carbocycles. The van der Waals surface area contributed by atoms with Gasteiger partial charge < -0.3 is 26.0 Å². The number of hydrogen-bond donors (Lipinski definition) is 4. The third-order valence-electron chi connectivity index (χ3n) is 8.00. The Kier molecular flexibility index (Phi) is 10.6. The lowest BCUT2D eigenvalue weighted by atomic mass is 10.0. The van der Waals surface area contributed by atoms with Crippen LogP contribution < -0.4 is 26.0 Å². The molecular formula is C37H40N4O4. The van der Waals surface area contributed by atoms with Crippen LogP contribution in [0.4, 0.5) is 0 Å². The van der Waals surface area contributed by atoms with Crippen LogP contribution in [0.5, 0.6) is 11.5 Å². The lowest BCUT2D eigenvalue weighted by Crippen LogP contribution is -2.56. The quantitative estimate of drug-likeness (QED) is 0.250. The molecule has 8 nitrogen and oxygen atoms in total. The highest BCUT2D eigenvalue weighted by Gasteiger charge is 2.29. The summed E-state index contributed by atoms with van der Waals surface area (Å²) < 4.78 is 6.17. The molecule has 1 aliphatic heterocycles. The second-order valence-electron chi connectivity index (χ2n) is 11.5. The van der Waals surface area contributed by atoms with Crippen molar-refractivity contribution in [3.05, 3.63) is 131 Å². The van der Waals surface area contributed by atoms with Gasteiger partial charge in [-0.1, -0.05) is 84.4 Å². The molecule has 8 heteroatoms. The molecule has 1 heterocycles. The highest BCUT2D eigenvalue weighted by atomic mass is 16.5. The number of amides is 3. The summed E-state index contributed by atoms with van der Waals surface area (Å²) in [6, 6.07) is 30.6. The average molecular weight is 605 g/mol. The van der Waals surface area contributed by atoms with Crippen molar-refractivity contribution in [2.75, 3.05) is 7.05 Å². The van der Waals surface area contributed by atoms with E-state index in [-0.39, 0.29) is 18.2 Å². The topological polar surface area (TPSA) is 109 Å². The van der Waals surface area contributed by atoms with Crippen LogP contribution >= 0.6 is 0 Å². The van der Waals surface area contributed by atoms with Crippen molar-refractivity contribution in [2.24, 2.45) is 0 Å². The summed E-state index contributed by atoms with van der Waals surface area (Å²) in [6.07, 6.45) is 1.58. The smallest absolute Gasteiger partial charge is 0.243 e. The van der Waals surface area contributed by atoms with Gasteiger partial charge in [-0.25, -0.2) is 0 Å². The van der Waals surface area contributed by atoms with E-state index in [2.05, 4.69) is 21.3 Å². The Balaban J connectivity index is 1.45. The van der Waals surface area contributed by atoms with Crippen LogP contribution in [-0.2, 0) is 40.2 Å². The lowest BCUT2D eigenvalue weighted by Gasteiger charge is -2.25. The molecule has 0 aromatic heterocycles. The molecule has 5 rings (SSSR count). The van der Waals surface area contributed by atoms with Gasteiger partial charge in [-0.15, -0.1) is 0 Å². The van der Waals surface area contributed by atoms with Crippen molar-refractivity contribution < 1.29 is 19.1 Å². The van der Waals surface area contributed by atoms with Crippen molar-refractivity contribution in [1.29, 1.82) is 0 Å². The van der Waals surface area contributed by atoms with Gasteiger partial charge in [0.1, 0.15) is 23.6 Å². The number of fused-ring (bicyclic) bond motifs is 4. The minimum atomic E-state index is -0.884. The maximum absolute atomic E-state index is 13.9. The fourth-order valence-electron chi connectivity index (χ4n) is 5.40. The first-order valence-corrected chi connectivity index (χ1v) is 15.4. The molecule has 3 amide bonds. The van der Waals surface area contributed by atoms with Crippen LogP contribution in [0.2, 0.25) is 0 Å². The van der Waals surface area contributed by atoms with Crippen LogP contribution in [0.3, 0.4) is 0 Å². The molecule has 0 radical (unpaired) electrons. The first-order chi connectivity index (χ1) is 21.9. The molecule has 4 aromatic carbocycles. The zero-order valence-electron chi connectivity index (χ0n) is 25.7. The summed E-state index contributed by atoms with van der Waals surface area (Å²) in [6.45, 7) is 2.33. The monoisotopic (exact) mass is 604 g/mol. The van der Waals surface area contributed by atoms with Gasteiger partial charge in [0.2, 0.25) is 17.7 Å². The molecule has 45 heavy (non-hydrogen) atoms. The number of carbonyl (C=O) groups is 3. The van der Waals surface area contributed by atoms with Crippen molar-refractivity contribution in [1.82, 2.24) is 21.3 Å². The molecule has 0 unspecified atom stereocenters. The summed E-state index contributed by atoms with van der Waals surface area (Å²) in [4.78, 5) is 41.1. The molecule has 1 aliphatic rings. The van der Waals surface area contributed by atoms with E-state index >= 15 is 0 Å². The number of carbonyl (C=O) groups excluding carboxylic acids is 3. The predicted molar refractivity (Wildman–Crippen MR) is 175 cm³/mol. The Morgan fingerprint density at radius 2 is 1.44 bits per heavy atom. The highest BCUT2D eigenvalue weighted by molar-refractivity contribution is 5.93. The molecule has 0 saturated heterocycles. The number of likely N-dealkylation sites (N-methyl/N-ethyl adjacent to an activating group) is 1. The summed E-state index contributed by atoms with van der Waals surface area (Å²) in [5.41, 5.74) is 4.88. The van der Waals surface area contributed by atoms with Gasteiger partial charge in [-0.3, -0.25) is 14.4 Å².